The summed E-state index contributed by atoms with van der Waals surface area (Å²) in [5.41, 5.74) is 1.11. The minimum absolute atomic E-state index is 0.502. The summed E-state index contributed by atoms with van der Waals surface area (Å²) in [6, 6.07) is 0. The van der Waals surface area contributed by atoms with Crippen molar-refractivity contribution in [3.8, 4) is 0 Å². The third-order valence-corrected chi connectivity index (χ3v) is 5.02. The lowest BCUT2D eigenvalue weighted by atomic mass is 9.67. The van der Waals surface area contributed by atoms with E-state index in [9.17, 15) is 0 Å². The van der Waals surface area contributed by atoms with Crippen LogP contribution < -0.4 is 0 Å². The Morgan fingerprint density at radius 1 is 1.15 bits per heavy atom. The lowest BCUT2D eigenvalue weighted by Crippen LogP contribution is -2.31. The van der Waals surface area contributed by atoms with Gasteiger partial charge in [-0.25, -0.2) is 0 Å². The largest absolute Gasteiger partial charge is 0.0625 e. The van der Waals surface area contributed by atoms with Crippen LogP contribution in [-0.2, 0) is 0 Å². The summed E-state index contributed by atoms with van der Waals surface area (Å²) >= 11 is 0. The first-order valence-electron chi connectivity index (χ1n) is 5.73. The summed E-state index contributed by atoms with van der Waals surface area (Å²) in [7, 11) is 0. The lowest BCUT2D eigenvalue weighted by Gasteiger charge is -2.38. The molecule has 1 aliphatic rings. The molecule has 0 aromatic heterocycles. The molecule has 1 aliphatic carbocycles. The fraction of sp³-hybridized carbons (Fsp3) is 1.00. The van der Waals surface area contributed by atoms with Gasteiger partial charge >= 0.3 is 0 Å². The Bertz CT molecular complexity index is 188. The molecule has 2 unspecified atom stereocenters. The van der Waals surface area contributed by atoms with E-state index in [1.54, 1.807) is 0 Å². The van der Waals surface area contributed by atoms with E-state index in [1.165, 1.54) is 6.42 Å². The SMILES string of the molecule is CC(C)C1CC1(C)C(C)(C)C(C)C. The van der Waals surface area contributed by atoms with Crippen LogP contribution in [0.3, 0.4) is 0 Å². The van der Waals surface area contributed by atoms with Gasteiger partial charge in [0.15, 0.2) is 0 Å². The molecule has 0 saturated heterocycles. The van der Waals surface area contributed by atoms with E-state index < -0.39 is 0 Å². The topological polar surface area (TPSA) is 0 Å². The van der Waals surface area contributed by atoms with Crippen molar-refractivity contribution >= 4 is 0 Å². The maximum Gasteiger partial charge on any atom is -0.0238 e. The first kappa shape index (κ1) is 11.1. The van der Waals surface area contributed by atoms with E-state index in [2.05, 4.69) is 48.5 Å². The fourth-order valence-corrected chi connectivity index (χ4v) is 2.77. The van der Waals surface area contributed by atoms with E-state index in [0.717, 1.165) is 17.8 Å². The second kappa shape index (κ2) is 3.00. The Morgan fingerprint density at radius 2 is 1.62 bits per heavy atom. The molecule has 0 spiro atoms. The van der Waals surface area contributed by atoms with Crippen molar-refractivity contribution in [3.05, 3.63) is 0 Å². The molecule has 0 radical (unpaired) electrons. The van der Waals surface area contributed by atoms with Crippen molar-refractivity contribution in [2.45, 2.75) is 54.9 Å². The van der Waals surface area contributed by atoms with Gasteiger partial charge in [-0.05, 0) is 35.0 Å². The highest BCUT2D eigenvalue weighted by Gasteiger charge is 2.60. The van der Waals surface area contributed by atoms with Gasteiger partial charge in [0.25, 0.3) is 0 Å². The number of rotatable bonds is 3. The van der Waals surface area contributed by atoms with Gasteiger partial charge in [0.2, 0.25) is 0 Å². The molecule has 0 amide bonds. The second-order valence-corrected chi connectivity index (χ2v) is 6.35. The van der Waals surface area contributed by atoms with Crippen LogP contribution in [0.15, 0.2) is 0 Å². The van der Waals surface area contributed by atoms with Gasteiger partial charge in [-0.2, -0.15) is 0 Å². The van der Waals surface area contributed by atoms with Gasteiger partial charge in [0.1, 0.15) is 0 Å². The minimum Gasteiger partial charge on any atom is -0.0625 e. The smallest absolute Gasteiger partial charge is 0.0238 e. The third kappa shape index (κ3) is 1.53. The zero-order chi connectivity index (χ0) is 10.4. The Labute approximate surface area is 84.1 Å². The Hall–Kier alpha value is 0. The van der Waals surface area contributed by atoms with Gasteiger partial charge in [0.05, 0.1) is 0 Å². The summed E-state index contributed by atoms with van der Waals surface area (Å²) in [6.45, 7) is 16.8. The molecule has 2 atom stereocenters. The highest BCUT2D eigenvalue weighted by molar-refractivity contribution is 5.08. The maximum atomic E-state index is 2.48. The molecule has 0 nitrogen and oxygen atoms in total. The third-order valence-electron chi connectivity index (χ3n) is 5.02. The molecule has 13 heavy (non-hydrogen) atoms. The Kier molecular flexibility index (Phi) is 2.56. The van der Waals surface area contributed by atoms with Crippen molar-refractivity contribution in [1.29, 1.82) is 0 Å². The summed E-state index contributed by atoms with van der Waals surface area (Å²) in [5.74, 6) is 2.62. The fourth-order valence-electron chi connectivity index (χ4n) is 2.77. The Morgan fingerprint density at radius 3 is 1.85 bits per heavy atom. The summed E-state index contributed by atoms with van der Waals surface area (Å²) < 4.78 is 0. The van der Waals surface area contributed by atoms with Crippen LogP contribution in [0.1, 0.15) is 54.9 Å². The molecule has 0 heterocycles. The van der Waals surface area contributed by atoms with Gasteiger partial charge in [-0.15, -0.1) is 0 Å². The normalized spacial score (nSPS) is 34.4. The van der Waals surface area contributed by atoms with Gasteiger partial charge in [0, 0.05) is 0 Å². The molecule has 1 saturated carbocycles. The summed E-state index contributed by atoms with van der Waals surface area (Å²) in [6.07, 6.45) is 1.44. The second-order valence-electron chi connectivity index (χ2n) is 6.35. The molecule has 0 N–H and O–H groups in total. The molecule has 1 fully saturated rings. The molecule has 0 aromatic carbocycles. The number of hydrogen-bond acceptors (Lipinski definition) is 0. The minimum atomic E-state index is 0.502. The highest BCUT2D eigenvalue weighted by Crippen LogP contribution is 2.67. The average molecular weight is 182 g/mol. The van der Waals surface area contributed by atoms with Crippen LogP contribution in [0, 0.1) is 28.6 Å². The van der Waals surface area contributed by atoms with E-state index >= 15 is 0 Å². The molecule has 0 heteroatoms. The summed E-state index contributed by atoms with van der Waals surface area (Å²) in [5, 5.41) is 0. The highest BCUT2D eigenvalue weighted by atomic mass is 14.6. The predicted octanol–water partition coefficient (Wildman–Crippen LogP) is 4.35. The zero-order valence-corrected chi connectivity index (χ0v) is 10.4. The monoisotopic (exact) mass is 182 g/mol. The van der Waals surface area contributed by atoms with Crippen LogP contribution in [-0.4, -0.2) is 0 Å². The molecule has 0 aromatic rings. The molecule has 0 aliphatic heterocycles. The number of hydrogen-bond donors (Lipinski definition) is 0. The molecular formula is C13H26. The van der Waals surface area contributed by atoms with Crippen molar-refractivity contribution in [2.24, 2.45) is 28.6 Å². The van der Waals surface area contributed by atoms with E-state index in [0.29, 0.717) is 10.8 Å². The van der Waals surface area contributed by atoms with Gasteiger partial charge in [-0.3, -0.25) is 0 Å². The van der Waals surface area contributed by atoms with Crippen LogP contribution in [0.25, 0.3) is 0 Å². The van der Waals surface area contributed by atoms with E-state index in [-0.39, 0.29) is 0 Å². The van der Waals surface area contributed by atoms with Crippen LogP contribution >= 0.6 is 0 Å². The standard InChI is InChI=1S/C13H26/c1-9(2)11-8-13(11,7)12(5,6)10(3)4/h9-11H,8H2,1-7H3. The summed E-state index contributed by atoms with van der Waals surface area (Å²) in [4.78, 5) is 0. The predicted molar refractivity (Wildman–Crippen MR) is 59.7 cm³/mol. The quantitative estimate of drug-likeness (QED) is 0.608. The zero-order valence-electron chi connectivity index (χ0n) is 10.4. The first-order valence-corrected chi connectivity index (χ1v) is 5.73. The van der Waals surface area contributed by atoms with E-state index in [4.69, 9.17) is 0 Å². The molecular weight excluding hydrogens is 156 g/mol. The maximum absolute atomic E-state index is 2.48. The van der Waals surface area contributed by atoms with Crippen LogP contribution in [0.5, 0.6) is 0 Å². The molecule has 0 bridgehead atoms. The first-order chi connectivity index (χ1) is 5.73. The molecule has 78 valence electrons. The van der Waals surface area contributed by atoms with Gasteiger partial charge < -0.3 is 0 Å². The van der Waals surface area contributed by atoms with Crippen molar-refractivity contribution in [3.63, 3.8) is 0 Å². The van der Waals surface area contributed by atoms with E-state index in [1.807, 2.05) is 0 Å². The average Bonchev–Trinajstić information content (AvgIpc) is 2.63. The van der Waals surface area contributed by atoms with Crippen molar-refractivity contribution in [2.75, 3.05) is 0 Å². The Balaban J connectivity index is 2.74. The van der Waals surface area contributed by atoms with Gasteiger partial charge in [-0.1, -0.05) is 48.5 Å². The lowest BCUT2D eigenvalue weighted by molar-refractivity contribution is 0.108. The van der Waals surface area contributed by atoms with Crippen molar-refractivity contribution < 1.29 is 0 Å². The molecule has 1 rings (SSSR count). The van der Waals surface area contributed by atoms with Crippen molar-refractivity contribution in [1.82, 2.24) is 0 Å². The van der Waals surface area contributed by atoms with Crippen LogP contribution in [0.2, 0.25) is 0 Å². The van der Waals surface area contributed by atoms with Crippen LogP contribution in [0.4, 0.5) is 0 Å².